The molecular weight excluding hydrogens is 991 g/mol. The van der Waals surface area contributed by atoms with Gasteiger partial charge in [-0.25, -0.2) is 0 Å². The zero-order valence-electron chi connectivity index (χ0n) is 41.9. The molecule has 3 aromatic carbocycles. The Kier molecular flexibility index (Phi) is 24.4. The number of amides is 7. The van der Waals surface area contributed by atoms with Gasteiger partial charge in [0.1, 0.15) is 36.3 Å². The van der Waals surface area contributed by atoms with Crippen molar-refractivity contribution in [2.24, 2.45) is 5.92 Å². The highest BCUT2D eigenvalue weighted by Gasteiger charge is 2.39. The lowest BCUT2D eigenvalue weighted by molar-refractivity contribution is -0.145. The van der Waals surface area contributed by atoms with Crippen LogP contribution in [0.2, 0.25) is 0 Å². The molecule has 0 aromatic heterocycles. The Hall–Kier alpha value is -7.62. The zero-order valence-corrected chi connectivity index (χ0v) is 42.8. The van der Waals surface area contributed by atoms with Crippen LogP contribution in [0.25, 0.3) is 0 Å². The molecule has 0 spiro atoms. The monoisotopic (exact) mass is 1060 g/mol. The summed E-state index contributed by atoms with van der Waals surface area (Å²) in [6, 6.07) is 16.3. The number of carboxylic acids is 3. The fourth-order valence-electron chi connectivity index (χ4n) is 8.80. The summed E-state index contributed by atoms with van der Waals surface area (Å²) in [5.74, 6) is -13.4. The second-order valence-electron chi connectivity index (χ2n) is 18.5. The Bertz CT molecular complexity index is 2410. The number of rotatable bonds is 30. The van der Waals surface area contributed by atoms with E-state index in [4.69, 9.17) is 0 Å². The molecule has 0 unspecified atom stereocenters. The van der Waals surface area contributed by atoms with Crippen LogP contribution in [0, 0.1) is 5.92 Å². The van der Waals surface area contributed by atoms with Gasteiger partial charge in [-0.1, -0.05) is 123 Å². The standard InChI is InChI=1S/C53H67N7O14S/c1-32(61)54-40(30-44(66)67)51(72)55-38(24-26-43(64)65)49(70)59-46(45(35-19-11-5-12-20-35)36-21-13-6-14-22-36)52(73)56-37(23-25-42(62)63)48(69)57-39(29-34-17-9-4-10-18-34)50(71)58-41(31-75)47(68)53(74)60(2)28-27-33-15-7-3-8-16-33/h3,5-8,11-16,19-22,34,37-41,45-46,75H,4,9-10,17-18,23-31H2,1-2H3,(H,54,61)(H,55,72)(H,56,73)(H,57,69)(H,58,71)(H,59,70)(H,62,63)(H,64,65)(H,66,67)/t37-,38-,39-,40-,41-,46-/m0/s1. The van der Waals surface area contributed by atoms with E-state index < -0.39 is 139 Å². The SMILES string of the molecule is CC(=O)N[C@@H](CC(=O)O)C(=O)N[C@@H](CCC(=O)O)C(=O)N[C@H](C(=O)N[C@@H](CCC(=O)O)C(=O)N[C@@H](CC1CCCCC1)C(=O)N[C@@H](CS)C(=O)C(=O)N(C)CCc1ccccc1)C(c1ccccc1)c1ccccc1. The minimum Gasteiger partial charge on any atom is -0.481 e. The van der Waals surface area contributed by atoms with E-state index in [1.165, 1.54) is 11.9 Å². The molecule has 6 atom stereocenters. The molecule has 9 N–H and O–H groups in total. The van der Waals surface area contributed by atoms with Gasteiger partial charge in [0, 0.05) is 45.0 Å². The maximum absolute atomic E-state index is 15.0. The average molecular weight is 1060 g/mol. The maximum Gasteiger partial charge on any atom is 0.305 e. The molecule has 22 heteroatoms. The number of hydrogen-bond donors (Lipinski definition) is 10. The summed E-state index contributed by atoms with van der Waals surface area (Å²) in [4.78, 5) is 147. The Labute approximate surface area is 440 Å². The molecule has 4 rings (SSSR count). The molecule has 0 radical (unpaired) electrons. The lowest BCUT2D eigenvalue weighted by Gasteiger charge is -2.32. The van der Waals surface area contributed by atoms with E-state index in [1.807, 2.05) is 30.3 Å². The van der Waals surface area contributed by atoms with Crippen molar-refractivity contribution >= 4 is 77.7 Å². The predicted molar refractivity (Wildman–Crippen MR) is 276 cm³/mol. The molecule has 7 amide bonds. The Morgan fingerprint density at radius 3 is 1.51 bits per heavy atom. The minimum absolute atomic E-state index is 0.0675. The first-order chi connectivity index (χ1) is 35.8. The van der Waals surface area contributed by atoms with Crippen molar-refractivity contribution in [3.05, 3.63) is 108 Å². The normalized spacial score (nSPS) is 14.8. The van der Waals surface area contributed by atoms with Crippen molar-refractivity contribution in [3.8, 4) is 0 Å². The first kappa shape index (κ1) is 59.9. The van der Waals surface area contributed by atoms with E-state index in [-0.39, 0.29) is 24.6 Å². The Balaban J connectivity index is 1.70. The van der Waals surface area contributed by atoms with Gasteiger partial charge in [0.2, 0.25) is 41.2 Å². The van der Waals surface area contributed by atoms with E-state index in [0.717, 1.165) is 31.7 Å². The lowest BCUT2D eigenvalue weighted by atomic mass is 9.84. The molecule has 1 aliphatic rings. The highest BCUT2D eigenvalue weighted by molar-refractivity contribution is 7.80. The van der Waals surface area contributed by atoms with Gasteiger partial charge in [-0.3, -0.25) is 52.7 Å². The highest BCUT2D eigenvalue weighted by atomic mass is 32.1. The molecule has 0 heterocycles. The smallest absolute Gasteiger partial charge is 0.305 e. The van der Waals surface area contributed by atoms with Gasteiger partial charge in [-0.2, -0.15) is 12.6 Å². The third-order valence-corrected chi connectivity index (χ3v) is 13.1. The van der Waals surface area contributed by atoms with E-state index in [9.17, 15) is 63.3 Å². The molecule has 404 valence electrons. The largest absolute Gasteiger partial charge is 0.481 e. The number of likely N-dealkylation sites (N-methyl/N-ethyl adjacent to an activating group) is 1. The number of carboxylic acid groups (broad SMARTS) is 3. The predicted octanol–water partition coefficient (Wildman–Crippen LogP) is 2.12. The van der Waals surface area contributed by atoms with E-state index in [0.29, 0.717) is 30.4 Å². The summed E-state index contributed by atoms with van der Waals surface area (Å²) in [6.07, 6.45) is 1.24. The first-order valence-corrected chi connectivity index (χ1v) is 25.4. The van der Waals surface area contributed by atoms with Gasteiger partial charge in [-0.05, 0) is 48.3 Å². The van der Waals surface area contributed by atoms with Crippen molar-refractivity contribution in [1.29, 1.82) is 0 Å². The van der Waals surface area contributed by atoms with Crippen molar-refractivity contribution in [2.45, 2.75) is 126 Å². The molecule has 1 fully saturated rings. The molecular formula is C53H67N7O14S. The van der Waals surface area contributed by atoms with Crippen LogP contribution in [0.1, 0.15) is 100 Å². The number of hydrogen-bond acceptors (Lipinski definition) is 12. The molecule has 0 saturated heterocycles. The number of nitrogens with zero attached hydrogens (tertiary/aromatic N) is 1. The van der Waals surface area contributed by atoms with Crippen molar-refractivity contribution in [3.63, 3.8) is 0 Å². The fourth-order valence-corrected chi connectivity index (χ4v) is 9.05. The van der Waals surface area contributed by atoms with Crippen molar-refractivity contribution in [1.82, 2.24) is 36.8 Å². The van der Waals surface area contributed by atoms with E-state index in [2.05, 4.69) is 44.5 Å². The number of benzene rings is 3. The molecule has 0 bridgehead atoms. The number of ketones is 1. The summed E-state index contributed by atoms with van der Waals surface area (Å²) in [6.45, 7) is 1.23. The van der Waals surface area contributed by atoms with Gasteiger partial charge in [0.15, 0.2) is 0 Å². The third kappa shape index (κ3) is 20.0. The number of nitrogens with one attached hydrogen (secondary N) is 6. The van der Waals surface area contributed by atoms with E-state index >= 15 is 4.79 Å². The molecule has 21 nitrogen and oxygen atoms in total. The number of thiol groups is 1. The van der Waals surface area contributed by atoms with Crippen LogP contribution >= 0.6 is 12.6 Å². The van der Waals surface area contributed by atoms with Gasteiger partial charge in [0.05, 0.1) is 6.42 Å². The molecule has 1 aliphatic carbocycles. The fraction of sp³-hybridized carbons (Fsp3) is 0.453. The van der Waals surface area contributed by atoms with Crippen LogP contribution in [0.15, 0.2) is 91.0 Å². The van der Waals surface area contributed by atoms with Crippen LogP contribution in [0.4, 0.5) is 0 Å². The van der Waals surface area contributed by atoms with Crippen LogP contribution < -0.4 is 31.9 Å². The van der Waals surface area contributed by atoms with Crippen LogP contribution in [-0.2, 0) is 59.2 Å². The van der Waals surface area contributed by atoms with Crippen LogP contribution in [0.3, 0.4) is 0 Å². The summed E-state index contributed by atoms with van der Waals surface area (Å²) in [5, 5.41) is 43.8. The molecule has 75 heavy (non-hydrogen) atoms. The van der Waals surface area contributed by atoms with Crippen molar-refractivity contribution < 1.29 is 68.1 Å². The third-order valence-electron chi connectivity index (χ3n) is 12.7. The molecule has 3 aromatic rings. The second-order valence-corrected chi connectivity index (χ2v) is 18.9. The number of aliphatic carboxylic acids is 3. The van der Waals surface area contributed by atoms with Gasteiger partial charge in [0.25, 0.3) is 5.91 Å². The number of Topliss-reactive ketones (excluding diaryl/α,β-unsaturated/α-hetero) is 1. The van der Waals surface area contributed by atoms with Gasteiger partial charge >= 0.3 is 17.9 Å². The highest BCUT2D eigenvalue weighted by Crippen LogP contribution is 2.30. The minimum atomic E-state index is -1.75. The summed E-state index contributed by atoms with van der Waals surface area (Å²) < 4.78 is 0. The quantitative estimate of drug-likeness (QED) is 0.0338. The van der Waals surface area contributed by atoms with Crippen LogP contribution in [0.5, 0.6) is 0 Å². The zero-order chi connectivity index (χ0) is 55.0. The maximum atomic E-state index is 15.0. The first-order valence-electron chi connectivity index (χ1n) is 24.8. The van der Waals surface area contributed by atoms with Crippen LogP contribution in [-0.4, -0.2) is 141 Å². The topological polar surface area (TPSA) is 324 Å². The summed E-state index contributed by atoms with van der Waals surface area (Å²) >= 11 is 4.27. The van der Waals surface area contributed by atoms with E-state index in [1.54, 1.807) is 60.7 Å². The average Bonchev–Trinajstić information content (AvgIpc) is 3.39. The van der Waals surface area contributed by atoms with Gasteiger partial charge < -0.3 is 52.1 Å². The molecule has 1 saturated carbocycles. The second kappa shape index (κ2) is 30.5. The number of carbonyl (C=O) groups excluding carboxylic acids is 8. The lowest BCUT2D eigenvalue weighted by Crippen LogP contribution is -2.61. The number of carbonyl (C=O) groups is 11. The Morgan fingerprint density at radius 1 is 0.560 bits per heavy atom. The Morgan fingerprint density at radius 2 is 1.01 bits per heavy atom. The van der Waals surface area contributed by atoms with Gasteiger partial charge in [-0.15, -0.1) is 0 Å². The molecule has 0 aliphatic heterocycles. The van der Waals surface area contributed by atoms with Crippen molar-refractivity contribution in [2.75, 3.05) is 19.3 Å². The summed E-state index contributed by atoms with van der Waals surface area (Å²) in [5.41, 5.74) is 1.84. The summed E-state index contributed by atoms with van der Waals surface area (Å²) in [7, 11) is 1.46.